The largest absolute Gasteiger partial charge is 0.368 e. The summed E-state index contributed by atoms with van der Waals surface area (Å²) in [6, 6.07) is 3.42. The van der Waals surface area contributed by atoms with Crippen molar-refractivity contribution in [2.24, 2.45) is 0 Å². The average molecular weight is 472 g/mol. The van der Waals surface area contributed by atoms with Crippen LogP contribution in [0.3, 0.4) is 0 Å². The third kappa shape index (κ3) is 4.20. The molecule has 1 aliphatic rings. The normalized spacial score (nSPS) is 16.8. The van der Waals surface area contributed by atoms with E-state index < -0.39 is 5.92 Å². The van der Waals surface area contributed by atoms with Gasteiger partial charge in [0.25, 0.3) is 11.8 Å². The molecule has 4 aromatic rings. The molecule has 1 saturated heterocycles. The number of imidazole rings is 1. The number of halogens is 2. The maximum atomic E-state index is 13.8. The number of hydrogen-bond acceptors (Lipinski definition) is 6. The number of carbonyl (C=O) groups is 1. The summed E-state index contributed by atoms with van der Waals surface area (Å²) in [6.07, 6.45) is 4.51. The summed E-state index contributed by atoms with van der Waals surface area (Å²) in [5.41, 5.74) is 3.71. The Kier molecular flexibility index (Phi) is 5.35. The number of pyridine rings is 1. The number of aromatic amines is 1. The molecular formula is C22H23F2N7OS. The zero-order chi connectivity index (χ0) is 23.2. The summed E-state index contributed by atoms with van der Waals surface area (Å²) >= 11 is 1.59. The summed E-state index contributed by atoms with van der Waals surface area (Å²) in [4.78, 5) is 23.6. The predicted molar refractivity (Wildman–Crippen MR) is 122 cm³/mol. The highest BCUT2D eigenvalue weighted by Crippen LogP contribution is 2.35. The first-order valence-electron chi connectivity index (χ1n) is 10.7. The number of carbonyl (C=O) groups excluding carboxylic acids is 1. The van der Waals surface area contributed by atoms with Gasteiger partial charge in [0.1, 0.15) is 6.33 Å². The number of fused-ring (bicyclic) bond motifs is 1. The number of alkyl halides is 2. The Morgan fingerprint density at radius 3 is 2.76 bits per heavy atom. The first-order valence-corrected chi connectivity index (χ1v) is 11.5. The fourth-order valence-electron chi connectivity index (χ4n) is 4.02. The Hall–Kier alpha value is -3.34. The second-order valence-electron chi connectivity index (χ2n) is 8.35. The Morgan fingerprint density at radius 1 is 1.30 bits per heavy atom. The van der Waals surface area contributed by atoms with E-state index in [2.05, 4.69) is 36.9 Å². The van der Waals surface area contributed by atoms with Crippen molar-refractivity contribution in [3.8, 4) is 10.6 Å². The molecule has 33 heavy (non-hydrogen) atoms. The van der Waals surface area contributed by atoms with Gasteiger partial charge in [0.2, 0.25) is 0 Å². The van der Waals surface area contributed by atoms with Gasteiger partial charge in [-0.05, 0) is 36.9 Å². The van der Waals surface area contributed by atoms with Crippen molar-refractivity contribution in [3.63, 3.8) is 0 Å². The van der Waals surface area contributed by atoms with Crippen LogP contribution in [0.1, 0.15) is 47.6 Å². The number of amides is 1. The summed E-state index contributed by atoms with van der Waals surface area (Å²) < 4.78 is 29.5. The van der Waals surface area contributed by atoms with Gasteiger partial charge in [-0.1, -0.05) is 0 Å². The van der Waals surface area contributed by atoms with Crippen molar-refractivity contribution in [2.75, 3.05) is 18.0 Å². The highest BCUT2D eigenvalue weighted by atomic mass is 32.1. The van der Waals surface area contributed by atoms with E-state index in [0.717, 1.165) is 16.1 Å². The Labute approximate surface area is 192 Å². The Balaban J connectivity index is 1.56. The van der Waals surface area contributed by atoms with Crippen LogP contribution in [0.5, 0.6) is 0 Å². The quantitative estimate of drug-likeness (QED) is 0.455. The van der Waals surface area contributed by atoms with Crippen LogP contribution >= 0.6 is 11.3 Å². The maximum Gasteiger partial charge on any atom is 0.253 e. The molecule has 1 aliphatic heterocycles. The lowest BCUT2D eigenvalue weighted by molar-refractivity contribution is -0.0220. The summed E-state index contributed by atoms with van der Waals surface area (Å²) in [6.45, 7) is 4.22. The molecule has 0 aliphatic carbocycles. The van der Waals surface area contributed by atoms with Crippen LogP contribution in [0, 0.1) is 6.92 Å². The van der Waals surface area contributed by atoms with E-state index in [-0.39, 0.29) is 37.9 Å². The number of piperidine rings is 1. The highest BCUT2D eigenvalue weighted by Gasteiger charge is 2.35. The highest BCUT2D eigenvalue weighted by molar-refractivity contribution is 7.13. The minimum absolute atomic E-state index is 0.197. The lowest BCUT2D eigenvalue weighted by Crippen LogP contribution is -2.39. The van der Waals surface area contributed by atoms with Gasteiger partial charge in [0.05, 0.1) is 34.1 Å². The number of hydrogen-bond donors (Lipinski definition) is 2. The number of H-pyrrole nitrogens is 1. The molecule has 0 spiro atoms. The number of rotatable bonds is 5. The van der Waals surface area contributed by atoms with Gasteiger partial charge < -0.3 is 15.2 Å². The zero-order valence-corrected chi connectivity index (χ0v) is 19.0. The number of anilines is 1. The standard InChI is InChI=1S/C22H23F2N7OS/c1-13-7-18(33-11-13)17-9-25-20-16(30-5-3-22(23,24)4-6-30)8-15(10-31(17)20)21(32)28-14(2)19-26-12-27-29-19/h7-12,14H,3-6H2,1-2H3,(H,28,32)(H,26,27,29). The van der Waals surface area contributed by atoms with Crippen molar-refractivity contribution >= 4 is 28.6 Å². The molecule has 5 rings (SSSR count). The minimum atomic E-state index is -2.66. The molecule has 5 heterocycles. The number of aromatic nitrogens is 5. The van der Waals surface area contributed by atoms with Crippen LogP contribution in [0.4, 0.5) is 14.5 Å². The number of nitrogens with one attached hydrogen (secondary N) is 2. The van der Waals surface area contributed by atoms with Crippen LogP contribution in [0.25, 0.3) is 16.2 Å². The molecule has 1 amide bonds. The smallest absolute Gasteiger partial charge is 0.253 e. The fourth-order valence-corrected chi connectivity index (χ4v) is 4.93. The molecule has 0 radical (unpaired) electrons. The lowest BCUT2D eigenvalue weighted by atomic mass is 10.1. The second kappa shape index (κ2) is 8.22. The van der Waals surface area contributed by atoms with Crippen molar-refractivity contribution in [2.45, 2.75) is 38.7 Å². The topological polar surface area (TPSA) is 91.2 Å². The predicted octanol–water partition coefficient (Wildman–Crippen LogP) is 4.22. The van der Waals surface area contributed by atoms with Gasteiger partial charge in [-0.15, -0.1) is 21.5 Å². The molecular weight excluding hydrogens is 448 g/mol. The number of nitrogens with zero attached hydrogens (tertiary/aromatic N) is 5. The molecule has 0 saturated carbocycles. The van der Waals surface area contributed by atoms with Gasteiger partial charge in [-0.3, -0.25) is 9.20 Å². The van der Waals surface area contributed by atoms with Gasteiger partial charge >= 0.3 is 0 Å². The first kappa shape index (κ1) is 21.5. The van der Waals surface area contributed by atoms with Crippen LogP contribution < -0.4 is 10.2 Å². The van der Waals surface area contributed by atoms with Gasteiger partial charge in [-0.25, -0.2) is 13.8 Å². The monoisotopic (exact) mass is 471 g/mol. The van der Waals surface area contributed by atoms with E-state index in [1.165, 1.54) is 6.33 Å². The molecule has 0 bridgehead atoms. The molecule has 1 fully saturated rings. The van der Waals surface area contributed by atoms with Crippen molar-refractivity contribution < 1.29 is 13.6 Å². The molecule has 8 nitrogen and oxygen atoms in total. The van der Waals surface area contributed by atoms with Crippen LogP contribution in [-0.2, 0) is 0 Å². The third-order valence-corrected chi connectivity index (χ3v) is 6.93. The maximum absolute atomic E-state index is 13.8. The first-order chi connectivity index (χ1) is 15.8. The van der Waals surface area contributed by atoms with Crippen molar-refractivity contribution in [1.29, 1.82) is 0 Å². The van der Waals surface area contributed by atoms with E-state index in [1.54, 1.807) is 29.8 Å². The van der Waals surface area contributed by atoms with E-state index in [0.29, 0.717) is 22.7 Å². The van der Waals surface area contributed by atoms with Crippen molar-refractivity contribution in [1.82, 2.24) is 29.9 Å². The number of aryl methyl sites for hydroxylation is 1. The lowest BCUT2D eigenvalue weighted by Gasteiger charge is -2.33. The molecule has 172 valence electrons. The fraction of sp³-hybridized carbons (Fsp3) is 0.364. The molecule has 1 unspecified atom stereocenters. The van der Waals surface area contributed by atoms with Gasteiger partial charge in [0, 0.05) is 32.1 Å². The van der Waals surface area contributed by atoms with E-state index in [4.69, 9.17) is 0 Å². The SMILES string of the molecule is Cc1csc(-c2cnc3c(N4CCC(F)(F)CC4)cc(C(=O)NC(C)c4nnc[nH]4)cn23)c1. The Bertz CT molecular complexity index is 1290. The van der Waals surface area contributed by atoms with E-state index in [9.17, 15) is 13.6 Å². The third-order valence-electron chi connectivity index (χ3n) is 5.86. The summed E-state index contributed by atoms with van der Waals surface area (Å²) in [7, 11) is 0. The van der Waals surface area contributed by atoms with Crippen LogP contribution in [0.15, 0.2) is 36.2 Å². The van der Waals surface area contributed by atoms with Gasteiger partial charge in [-0.2, -0.15) is 0 Å². The average Bonchev–Trinajstić information content (AvgIpc) is 3.53. The molecule has 1 atom stereocenters. The van der Waals surface area contributed by atoms with E-state index in [1.807, 2.05) is 23.1 Å². The Morgan fingerprint density at radius 2 is 2.09 bits per heavy atom. The second-order valence-corrected chi connectivity index (χ2v) is 9.26. The number of thiophene rings is 1. The zero-order valence-electron chi connectivity index (χ0n) is 18.2. The summed E-state index contributed by atoms with van der Waals surface area (Å²) in [5.74, 6) is -2.42. The van der Waals surface area contributed by atoms with E-state index >= 15 is 0 Å². The molecule has 4 aromatic heterocycles. The molecule has 2 N–H and O–H groups in total. The minimum Gasteiger partial charge on any atom is -0.368 e. The van der Waals surface area contributed by atoms with Crippen LogP contribution in [-0.4, -0.2) is 49.5 Å². The van der Waals surface area contributed by atoms with Crippen LogP contribution in [0.2, 0.25) is 0 Å². The van der Waals surface area contributed by atoms with Crippen molar-refractivity contribution in [3.05, 3.63) is 53.2 Å². The molecule has 0 aromatic carbocycles. The summed E-state index contributed by atoms with van der Waals surface area (Å²) in [5, 5.41) is 12.7. The molecule has 11 heteroatoms. The van der Waals surface area contributed by atoms with Gasteiger partial charge in [0.15, 0.2) is 11.5 Å².